The highest BCUT2D eigenvalue weighted by atomic mass is 79.9. The lowest BCUT2D eigenvalue weighted by Crippen LogP contribution is -2.26. The summed E-state index contributed by atoms with van der Waals surface area (Å²) in [6.07, 6.45) is 3.06. The number of hydrogen-bond donors (Lipinski definition) is 0. The minimum absolute atomic E-state index is 0.207. The Kier molecular flexibility index (Phi) is 3.66. The Morgan fingerprint density at radius 2 is 2.28 bits per heavy atom. The molecule has 1 amide bonds. The minimum Gasteiger partial charge on any atom is -0.480 e. The number of nitrogens with zero attached hydrogens (tertiary/aromatic N) is 2. The van der Waals surface area contributed by atoms with E-state index in [9.17, 15) is 4.79 Å². The monoisotopic (exact) mass is 310 g/mol. The molecule has 5 nitrogen and oxygen atoms in total. The fraction of sp³-hybridized carbons (Fsp3) is 0.167. The van der Waals surface area contributed by atoms with Crippen molar-refractivity contribution in [3.05, 3.63) is 40.9 Å². The lowest BCUT2D eigenvalue weighted by atomic mass is 10.2. The van der Waals surface area contributed by atoms with Gasteiger partial charge in [0.15, 0.2) is 4.67 Å². The molecule has 18 heavy (non-hydrogen) atoms. The number of carbonyl (C=O) groups excluding carboxylic acids is 1. The molecule has 2 rings (SSSR count). The quantitative estimate of drug-likeness (QED) is 0.874. The third-order valence-electron chi connectivity index (χ3n) is 2.46. The zero-order valence-electron chi connectivity index (χ0n) is 9.88. The molecule has 0 radical (unpaired) electrons. The van der Waals surface area contributed by atoms with Crippen LogP contribution in [0.2, 0.25) is 0 Å². The first kappa shape index (κ1) is 12.6. The lowest BCUT2D eigenvalue weighted by molar-refractivity contribution is 0.0990. The Hall–Kier alpha value is -1.82. The van der Waals surface area contributed by atoms with Crippen molar-refractivity contribution in [2.75, 3.05) is 19.1 Å². The summed E-state index contributed by atoms with van der Waals surface area (Å²) >= 11 is 3.18. The van der Waals surface area contributed by atoms with Crippen molar-refractivity contribution in [1.82, 2.24) is 4.98 Å². The molecular weight excluding hydrogens is 300 g/mol. The molecule has 94 valence electrons. The van der Waals surface area contributed by atoms with Gasteiger partial charge in [-0.2, -0.15) is 0 Å². The second-order valence-corrected chi connectivity index (χ2v) is 4.22. The maximum atomic E-state index is 12.2. The summed E-state index contributed by atoms with van der Waals surface area (Å²) in [5.74, 6) is 0.190. The fourth-order valence-corrected chi connectivity index (χ4v) is 1.94. The topological polar surface area (TPSA) is 55.6 Å². The minimum atomic E-state index is -0.207. The summed E-state index contributed by atoms with van der Waals surface area (Å²) < 4.78 is 10.6. The molecule has 0 N–H and O–H groups in total. The second-order valence-electron chi connectivity index (χ2n) is 3.50. The maximum absolute atomic E-state index is 12.2. The van der Waals surface area contributed by atoms with Gasteiger partial charge in [-0.3, -0.25) is 4.79 Å². The number of amides is 1. The van der Waals surface area contributed by atoms with Crippen LogP contribution < -0.4 is 9.64 Å². The van der Waals surface area contributed by atoms with Gasteiger partial charge in [-0.25, -0.2) is 4.98 Å². The van der Waals surface area contributed by atoms with E-state index in [2.05, 4.69) is 20.9 Å². The van der Waals surface area contributed by atoms with Crippen LogP contribution in [0.15, 0.2) is 39.7 Å². The molecule has 0 saturated carbocycles. The molecule has 2 heterocycles. The highest BCUT2D eigenvalue weighted by Gasteiger charge is 2.20. The highest BCUT2D eigenvalue weighted by Crippen LogP contribution is 2.27. The van der Waals surface area contributed by atoms with E-state index >= 15 is 0 Å². The van der Waals surface area contributed by atoms with Gasteiger partial charge in [-0.15, -0.1) is 0 Å². The number of carbonyl (C=O) groups is 1. The van der Waals surface area contributed by atoms with Gasteiger partial charge in [0.1, 0.15) is 5.69 Å². The molecule has 0 aliphatic rings. The van der Waals surface area contributed by atoms with E-state index in [1.165, 1.54) is 18.3 Å². The number of ether oxygens (including phenoxy) is 1. The molecule has 0 saturated heterocycles. The van der Waals surface area contributed by atoms with Crippen LogP contribution in [0.25, 0.3) is 0 Å². The molecule has 6 heteroatoms. The third-order valence-corrected chi connectivity index (χ3v) is 3.07. The average Bonchev–Trinajstić information content (AvgIpc) is 2.83. The van der Waals surface area contributed by atoms with E-state index < -0.39 is 0 Å². The van der Waals surface area contributed by atoms with Crippen LogP contribution in [-0.4, -0.2) is 25.0 Å². The van der Waals surface area contributed by atoms with Crippen molar-refractivity contribution in [3.8, 4) is 5.88 Å². The van der Waals surface area contributed by atoms with Crippen LogP contribution in [0.5, 0.6) is 5.88 Å². The van der Waals surface area contributed by atoms with Gasteiger partial charge in [0.25, 0.3) is 5.91 Å². The normalized spacial score (nSPS) is 10.2. The van der Waals surface area contributed by atoms with Crippen molar-refractivity contribution in [2.24, 2.45) is 0 Å². The highest BCUT2D eigenvalue weighted by molar-refractivity contribution is 9.10. The van der Waals surface area contributed by atoms with Crippen molar-refractivity contribution < 1.29 is 13.9 Å². The van der Waals surface area contributed by atoms with Gasteiger partial charge < -0.3 is 14.1 Å². The Morgan fingerprint density at radius 1 is 1.50 bits per heavy atom. The number of methoxy groups -OCH3 is 1. The Morgan fingerprint density at radius 3 is 2.89 bits per heavy atom. The number of halogens is 1. The smallest absolute Gasteiger partial charge is 0.262 e. The SMILES string of the molecule is COc1ncccc1N(C)C(=O)c1ccoc1Br. The molecule has 0 bridgehead atoms. The zero-order valence-corrected chi connectivity index (χ0v) is 11.5. The Bertz CT molecular complexity index is 568. The predicted molar refractivity (Wildman–Crippen MR) is 69.9 cm³/mol. The van der Waals surface area contributed by atoms with E-state index in [-0.39, 0.29) is 5.91 Å². The molecule has 0 fully saturated rings. The number of furan rings is 1. The Labute approximate surface area is 112 Å². The fourth-order valence-electron chi connectivity index (χ4n) is 1.53. The summed E-state index contributed by atoms with van der Waals surface area (Å²) in [5, 5.41) is 0. The first-order valence-corrected chi connectivity index (χ1v) is 5.94. The van der Waals surface area contributed by atoms with Gasteiger partial charge >= 0.3 is 0 Å². The summed E-state index contributed by atoms with van der Waals surface area (Å²) in [5.41, 5.74) is 1.04. The van der Waals surface area contributed by atoms with Gasteiger partial charge in [-0.05, 0) is 34.1 Å². The standard InChI is InChI=1S/C12H11BrN2O3/c1-15(9-4-3-6-14-11(9)17-2)12(16)8-5-7-18-10(8)13/h3-7H,1-2H3. The van der Waals surface area contributed by atoms with Crippen molar-refractivity contribution in [1.29, 1.82) is 0 Å². The first-order chi connectivity index (χ1) is 8.65. The largest absolute Gasteiger partial charge is 0.480 e. The predicted octanol–water partition coefficient (Wildman–Crippen LogP) is 2.72. The molecule has 2 aromatic rings. The van der Waals surface area contributed by atoms with Crippen molar-refractivity contribution >= 4 is 27.5 Å². The number of anilines is 1. The number of hydrogen-bond acceptors (Lipinski definition) is 4. The first-order valence-electron chi connectivity index (χ1n) is 5.15. The number of aromatic nitrogens is 1. The number of pyridine rings is 1. The van der Waals surface area contributed by atoms with Crippen LogP contribution in [0.4, 0.5) is 5.69 Å². The average molecular weight is 311 g/mol. The molecule has 2 aromatic heterocycles. The van der Waals surface area contributed by atoms with Crippen LogP contribution in [-0.2, 0) is 0 Å². The summed E-state index contributed by atoms with van der Waals surface area (Å²) in [6.45, 7) is 0. The number of rotatable bonds is 3. The van der Waals surface area contributed by atoms with E-state index in [0.29, 0.717) is 21.8 Å². The van der Waals surface area contributed by atoms with Crippen LogP contribution in [0, 0.1) is 0 Å². The molecule has 0 aliphatic heterocycles. The molecule has 0 aliphatic carbocycles. The third kappa shape index (κ3) is 2.24. The molecule has 0 aromatic carbocycles. The van der Waals surface area contributed by atoms with Gasteiger partial charge in [0.2, 0.25) is 5.88 Å². The van der Waals surface area contributed by atoms with Gasteiger partial charge in [-0.1, -0.05) is 0 Å². The Balaban J connectivity index is 2.34. The summed E-state index contributed by atoms with van der Waals surface area (Å²) in [6, 6.07) is 5.11. The molecular formula is C12H11BrN2O3. The molecule has 0 atom stereocenters. The van der Waals surface area contributed by atoms with Crippen molar-refractivity contribution in [3.63, 3.8) is 0 Å². The van der Waals surface area contributed by atoms with Gasteiger partial charge in [0.05, 0.1) is 18.9 Å². The van der Waals surface area contributed by atoms with E-state index in [0.717, 1.165) is 0 Å². The van der Waals surface area contributed by atoms with E-state index in [1.807, 2.05) is 0 Å². The van der Waals surface area contributed by atoms with Crippen LogP contribution in [0.1, 0.15) is 10.4 Å². The molecule has 0 unspecified atom stereocenters. The van der Waals surface area contributed by atoms with E-state index in [4.69, 9.17) is 9.15 Å². The summed E-state index contributed by atoms with van der Waals surface area (Å²) in [7, 11) is 3.17. The van der Waals surface area contributed by atoms with Crippen LogP contribution >= 0.6 is 15.9 Å². The lowest BCUT2D eigenvalue weighted by Gasteiger charge is -2.18. The summed E-state index contributed by atoms with van der Waals surface area (Å²) in [4.78, 5) is 17.8. The maximum Gasteiger partial charge on any atom is 0.262 e. The van der Waals surface area contributed by atoms with Gasteiger partial charge in [0, 0.05) is 13.2 Å². The van der Waals surface area contributed by atoms with Crippen molar-refractivity contribution in [2.45, 2.75) is 0 Å². The second kappa shape index (κ2) is 5.22. The van der Waals surface area contributed by atoms with Crippen LogP contribution in [0.3, 0.4) is 0 Å². The molecule has 0 spiro atoms. The zero-order chi connectivity index (χ0) is 13.1. The van der Waals surface area contributed by atoms with E-state index in [1.54, 1.807) is 31.4 Å².